The molecule has 0 bridgehead atoms. The van der Waals surface area contributed by atoms with E-state index in [0.717, 1.165) is 17.8 Å². The average molecular weight is 316 g/mol. The summed E-state index contributed by atoms with van der Waals surface area (Å²) >= 11 is 1.36. The van der Waals surface area contributed by atoms with Gasteiger partial charge >= 0.3 is 0 Å². The fourth-order valence-electron chi connectivity index (χ4n) is 2.59. The molecule has 114 valence electrons. The highest BCUT2D eigenvalue weighted by molar-refractivity contribution is 7.91. The highest BCUT2D eigenvalue weighted by atomic mass is 32.2. The molecule has 1 aromatic heterocycles. The molecule has 1 aliphatic carbocycles. The molecular formula is C14H24N2O2S2. The smallest absolute Gasteiger partial charge is 0.250 e. The molecule has 0 aromatic carbocycles. The average Bonchev–Trinajstić information content (AvgIpc) is 2.78. The molecule has 0 saturated heterocycles. The highest BCUT2D eigenvalue weighted by Crippen LogP contribution is 2.63. The van der Waals surface area contributed by atoms with E-state index in [1.165, 1.54) is 11.3 Å². The molecule has 0 amide bonds. The number of nitrogens with one attached hydrogen (secondary N) is 2. The lowest BCUT2D eigenvalue weighted by molar-refractivity contribution is 0.457. The maximum Gasteiger partial charge on any atom is 0.250 e. The summed E-state index contributed by atoms with van der Waals surface area (Å²) in [4.78, 5) is 1.09. The van der Waals surface area contributed by atoms with Crippen molar-refractivity contribution in [3.8, 4) is 0 Å². The van der Waals surface area contributed by atoms with Gasteiger partial charge < -0.3 is 5.32 Å². The second-order valence-corrected chi connectivity index (χ2v) is 9.68. The first kappa shape index (κ1) is 15.9. The highest BCUT2D eigenvalue weighted by Gasteiger charge is 2.66. The molecule has 1 saturated carbocycles. The monoisotopic (exact) mass is 316 g/mol. The number of likely N-dealkylation sites (N-methyl/N-ethyl adjacent to an activating group) is 1. The van der Waals surface area contributed by atoms with E-state index < -0.39 is 10.0 Å². The second-order valence-electron chi connectivity index (χ2n) is 6.57. The van der Waals surface area contributed by atoms with E-state index in [1.807, 2.05) is 13.1 Å². The van der Waals surface area contributed by atoms with Crippen molar-refractivity contribution in [1.82, 2.24) is 10.0 Å². The van der Waals surface area contributed by atoms with Crippen LogP contribution >= 0.6 is 11.3 Å². The molecule has 0 spiro atoms. The summed E-state index contributed by atoms with van der Waals surface area (Å²) in [7, 11) is -1.50. The fraction of sp³-hybridized carbons (Fsp3) is 0.714. The number of thiophene rings is 1. The first-order chi connectivity index (χ1) is 9.13. The number of rotatable bonds is 6. The molecule has 2 rings (SSSR count). The Morgan fingerprint density at radius 3 is 2.30 bits per heavy atom. The van der Waals surface area contributed by atoms with E-state index in [4.69, 9.17) is 0 Å². The molecule has 2 N–H and O–H groups in total. The zero-order chi connectivity index (χ0) is 15.2. The van der Waals surface area contributed by atoms with E-state index in [-0.39, 0.29) is 16.9 Å². The standard InChI is InChI=1S/C14H24N2O2S2/c1-13(2)12(14(13,3)4)16-20(17,18)11-7-6-10(19-11)8-9-15-5/h6-7,12,15-16H,8-9H2,1-5H3. The maximum atomic E-state index is 12.4. The molecule has 4 nitrogen and oxygen atoms in total. The Kier molecular flexibility index (Phi) is 4.06. The summed E-state index contributed by atoms with van der Waals surface area (Å²) in [5.41, 5.74) is 0.0125. The molecule has 1 fully saturated rings. The van der Waals surface area contributed by atoms with Crippen LogP contribution < -0.4 is 10.0 Å². The van der Waals surface area contributed by atoms with Gasteiger partial charge in [-0.15, -0.1) is 11.3 Å². The third-order valence-corrected chi connectivity index (χ3v) is 7.88. The zero-order valence-electron chi connectivity index (χ0n) is 12.8. The summed E-state index contributed by atoms with van der Waals surface area (Å²) in [5, 5.41) is 3.07. The van der Waals surface area contributed by atoms with Crippen molar-refractivity contribution in [3.05, 3.63) is 17.0 Å². The van der Waals surface area contributed by atoms with E-state index in [0.29, 0.717) is 4.21 Å². The third kappa shape index (κ3) is 2.66. The minimum atomic E-state index is -3.40. The first-order valence-electron chi connectivity index (χ1n) is 6.88. The van der Waals surface area contributed by atoms with Gasteiger partial charge in [-0.05, 0) is 43.0 Å². The molecule has 1 aliphatic rings. The van der Waals surface area contributed by atoms with Gasteiger partial charge in [0.25, 0.3) is 0 Å². The van der Waals surface area contributed by atoms with Crippen LogP contribution in [0.3, 0.4) is 0 Å². The van der Waals surface area contributed by atoms with Gasteiger partial charge in [0.2, 0.25) is 10.0 Å². The molecular weight excluding hydrogens is 292 g/mol. The van der Waals surface area contributed by atoms with E-state index in [2.05, 4.69) is 37.7 Å². The Morgan fingerprint density at radius 2 is 1.80 bits per heavy atom. The van der Waals surface area contributed by atoms with Crippen LogP contribution in [-0.2, 0) is 16.4 Å². The lowest BCUT2D eigenvalue weighted by atomic mass is 10.0. The van der Waals surface area contributed by atoms with Gasteiger partial charge in [0.05, 0.1) is 0 Å². The van der Waals surface area contributed by atoms with Crippen molar-refractivity contribution in [2.75, 3.05) is 13.6 Å². The van der Waals surface area contributed by atoms with Gasteiger partial charge in [0.1, 0.15) is 4.21 Å². The molecule has 1 aromatic rings. The van der Waals surface area contributed by atoms with Gasteiger partial charge in [0, 0.05) is 10.9 Å². The van der Waals surface area contributed by atoms with Crippen LogP contribution in [0.5, 0.6) is 0 Å². The minimum Gasteiger partial charge on any atom is -0.319 e. The van der Waals surface area contributed by atoms with Crippen LogP contribution in [-0.4, -0.2) is 28.1 Å². The predicted molar refractivity (Wildman–Crippen MR) is 83.6 cm³/mol. The predicted octanol–water partition coefficient (Wildman–Crippen LogP) is 2.22. The Hall–Kier alpha value is -0.430. The maximum absolute atomic E-state index is 12.4. The van der Waals surface area contributed by atoms with Crippen LogP contribution in [0.1, 0.15) is 32.6 Å². The summed E-state index contributed by atoms with van der Waals surface area (Å²) < 4.78 is 28.1. The molecule has 1 heterocycles. The number of hydrogen-bond acceptors (Lipinski definition) is 4. The Morgan fingerprint density at radius 1 is 1.20 bits per heavy atom. The van der Waals surface area contributed by atoms with Crippen molar-refractivity contribution in [1.29, 1.82) is 0 Å². The minimum absolute atomic E-state index is 0.00265. The van der Waals surface area contributed by atoms with Crippen molar-refractivity contribution >= 4 is 21.4 Å². The summed E-state index contributed by atoms with van der Waals surface area (Å²) in [6.45, 7) is 9.27. The van der Waals surface area contributed by atoms with Gasteiger partial charge in [-0.2, -0.15) is 0 Å². The van der Waals surface area contributed by atoms with Crippen molar-refractivity contribution in [2.45, 2.75) is 44.4 Å². The molecule has 0 unspecified atom stereocenters. The lowest BCUT2D eigenvalue weighted by Gasteiger charge is -2.06. The first-order valence-corrected chi connectivity index (χ1v) is 9.18. The number of sulfonamides is 1. The quantitative estimate of drug-likeness (QED) is 0.846. The normalized spacial score (nSPS) is 21.1. The van der Waals surface area contributed by atoms with E-state index in [9.17, 15) is 8.42 Å². The van der Waals surface area contributed by atoms with Crippen LogP contribution in [0.2, 0.25) is 0 Å². The van der Waals surface area contributed by atoms with Crippen LogP contribution in [0.15, 0.2) is 16.3 Å². The van der Waals surface area contributed by atoms with Gasteiger partial charge in [-0.1, -0.05) is 27.7 Å². The topological polar surface area (TPSA) is 58.2 Å². The third-order valence-electron chi connectivity index (χ3n) is 4.82. The van der Waals surface area contributed by atoms with E-state index >= 15 is 0 Å². The summed E-state index contributed by atoms with van der Waals surface area (Å²) in [6.07, 6.45) is 0.858. The summed E-state index contributed by atoms with van der Waals surface area (Å²) in [6, 6.07) is 3.61. The van der Waals surface area contributed by atoms with Crippen LogP contribution in [0.4, 0.5) is 0 Å². The van der Waals surface area contributed by atoms with Crippen LogP contribution in [0.25, 0.3) is 0 Å². The number of hydrogen-bond donors (Lipinski definition) is 2. The molecule has 20 heavy (non-hydrogen) atoms. The molecule has 0 radical (unpaired) electrons. The van der Waals surface area contributed by atoms with Gasteiger partial charge in [-0.25, -0.2) is 13.1 Å². The van der Waals surface area contributed by atoms with Gasteiger partial charge in [-0.3, -0.25) is 0 Å². The molecule has 0 atom stereocenters. The van der Waals surface area contributed by atoms with E-state index in [1.54, 1.807) is 6.07 Å². The largest absolute Gasteiger partial charge is 0.319 e. The van der Waals surface area contributed by atoms with Gasteiger partial charge in [0.15, 0.2) is 0 Å². The SMILES string of the molecule is CNCCc1ccc(S(=O)(=O)NC2C(C)(C)C2(C)C)s1. The van der Waals surface area contributed by atoms with Crippen LogP contribution in [0, 0.1) is 10.8 Å². The summed E-state index contributed by atoms with van der Waals surface area (Å²) in [5.74, 6) is 0. The second kappa shape index (κ2) is 5.09. The fourth-order valence-corrected chi connectivity index (χ4v) is 5.49. The zero-order valence-corrected chi connectivity index (χ0v) is 14.4. The lowest BCUT2D eigenvalue weighted by Crippen LogP contribution is -2.29. The Labute approximate surface area is 126 Å². The Bertz CT molecular complexity index is 574. The molecule has 0 aliphatic heterocycles. The molecule has 6 heteroatoms. The van der Waals surface area contributed by atoms with Crippen molar-refractivity contribution < 1.29 is 8.42 Å². The van der Waals surface area contributed by atoms with Crippen molar-refractivity contribution in [3.63, 3.8) is 0 Å². The Balaban J connectivity index is 2.10. The van der Waals surface area contributed by atoms with Crippen molar-refractivity contribution in [2.24, 2.45) is 10.8 Å².